The minimum absolute atomic E-state index is 0.427. The average Bonchev–Trinajstić information content (AvgIpc) is 3.06. The van der Waals surface area contributed by atoms with Gasteiger partial charge in [-0.2, -0.15) is 4.98 Å². The van der Waals surface area contributed by atoms with Gasteiger partial charge in [0.05, 0.1) is 5.69 Å². The van der Waals surface area contributed by atoms with Gasteiger partial charge in [0.15, 0.2) is 5.82 Å². The van der Waals surface area contributed by atoms with Crippen molar-refractivity contribution in [1.82, 2.24) is 15.1 Å². The maximum absolute atomic E-state index is 5.60. The fourth-order valence-corrected chi connectivity index (χ4v) is 2.80. The van der Waals surface area contributed by atoms with Crippen LogP contribution in [-0.2, 0) is 13.0 Å². The molecule has 2 heterocycles. The zero-order chi connectivity index (χ0) is 13.9. The van der Waals surface area contributed by atoms with E-state index in [1.807, 2.05) is 37.3 Å². The second-order valence-electron chi connectivity index (χ2n) is 4.40. The van der Waals surface area contributed by atoms with E-state index < -0.39 is 0 Å². The predicted octanol–water partition coefficient (Wildman–Crippen LogP) is 2.55. The molecule has 0 fully saturated rings. The first kappa shape index (κ1) is 13.0. The molecule has 6 heteroatoms. The molecule has 102 valence electrons. The molecule has 0 unspecified atom stereocenters. The van der Waals surface area contributed by atoms with E-state index in [0.29, 0.717) is 24.7 Å². The van der Waals surface area contributed by atoms with Crippen LogP contribution in [0.3, 0.4) is 0 Å². The summed E-state index contributed by atoms with van der Waals surface area (Å²) < 4.78 is 5.33. The van der Waals surface area contributed by atoms with E-state index in [4.69, 9.17) is 10.3 Å². The topological polar surface area (TPSA) is 77.8 Å². The van der Waals surface area contributed by atoms with E-state index in [0.717, 1.165) is 21.1 Å². The number of hydrogen-bond acceptors (Lipinski definition) is 6. The van der Waals surface area contributed by atoms with Gasteiger partial charge in [0, 0.05) is 13.0 Å². The molecule has 5 nitrogen and oxygen atoms in total. The fourth-order valence-electron chi connectivity index (χ4n) is 1.93. The van der Waals surface area contributed by atoms with E-state index in [9.17, 15) is 0 Å². The Morgan fingerprint density at radius 1 is 1.20 bits per heavy atom. The van der Waals surface area contributed by atoms with Gasteiger partial charge in [-0.05, 0) is 12.5 Å². The number of aromatic nitrogens is 3. The van der Waals surface area contributed by atoms with E-state index in [2.05, 4.69) is 15.1 Å². The quantitative estimate of drug-likeness (QED) is 0.797. The molecule has 0 aliphatic heterocycles. The van der Waals surface area contributed by atoms with Gasteiger partial charge in [0.2, 0.25) is 0 Å². The molecule has 0 aliphatic rings. The third-order valence-corrected chi connectivity index (χ3v) is 4.05. The molecule has 3 aromatic rings. The number of benzene rings is 1. The lowest BCUT2D eigenvalue weighted by Gasteiger charge is -1.93. The molecule has 2 aromatic heterocycles. The van der Waals surface area contributed by atoms with Crippen LogP contribution in [0.5, 0.6) is 0 Å². The van der Waals surface area contributed by atoms with Gasteiger partial charge in [-0.15, -0.1) is 11.3 Å². The first-order valence-corrected chi connectivity index (χ1v) is 7.11. The summed E-state index contributed by atoms with van der Waals surface area (Å²) in [5.74, 6) is 1.19. The Balaban J connectivity index is 1.84. The van der Waals surface area contributed by atoms with Crippen molar-refractivity contribution in [2.24, 2.45) is 5.73 Å². The van der Waals surface area contributed by atoms with E-state index in [1.54, 1.807) is 0 Å². The van der Waals surface area contributed by atoms with Gasteiger partial charge in [0.25, 0.3) is 5.89 Å². The summed E-state index contributed by atoms with van der Waals surface area (Å²) in [6.45, 7) is 2.35. The summed E-state index contributed by atoms with van der Waals surface area (Å²) >= 11 is 1.50. The van der Waals surface area contributed by atoms with Crippen molar-refractivity contribution in [2.75, 3.05) is 0 Å². The zero-order valence-corrected chi connectivity index (χ0v) is 11.9. The molecule has 20 heavy (non-hydrogen) atoms. The van der Waals surface area contributed by atoms with Gasteiger partial charge in [0.1, 0.15) is 9.88 Å². The largest absolute Gasteiger partial charge is 0.333 e. The minimum Gasteiger partial charge on any atom is -0.333 e. The third kappa shape index (κ3) is 2.61. The lowest BCUT2D eigenvalue weighted by Crippen LogP contribution is -1.94. The highest BCUT2D eigenvalue weighted by atomic mass is 32.1. The summed E-state index contributed by atoms with van der Waals surface area (Å²) in [4.78, 5) is 9.70. The van der Waals surface area contributed by atoms with Gasteiger partial charge >= 0.3 is 0 Å². The van der Waals surface area contributed by atoms with E-state index in [-0.39, 0.29) is 0 Å². The van der Waals surface area contributed by atoms with Crippen LogP contribution < -0.4 is 5.73 Å². The Morgan fingerprint density at radius 3 is 2.70 bits per heavy atom. The van der Waals surface area contributed by atoms with Gasteiger partial charge in [-0.1, -0.05) is 35.5 Å². The molecule has 0 aliphatic carbocycles. The van der Waals surface area contributed by atoms with Crippen LogP contribution in [0.2, 0.25) is 0 Å². The van der Waals surface area contributed by atoms with Crippen molar-refractivity contribution < 1.29 is 4.52 Å². The average molecular weight is 286 g/mol. The van der Waals surface area contributed by atoms with Crippen molar-refractivity contribution >= 4 is 11.3 Å². The third-order valence-electron chi connectivity index (χ3n) is 2.88. The van der Waals surface area contributed by atoms with Crippen LogP contribution in [0.1, 0.15) is 22.1 Å². The SMILES string of the molecule is Cc1nc(CN)sc1-c1nc(Cc2ccccc2)no1. The van der Waals surface area contributed by atoms with E-state index in [1.165, 1.54) is 11.3 Å². The smallest absolute Gasteiger partial charge is 0.269 e. The van der Waals surface area contributed by atoms with Crippen molar-refractivity contribution in [3.05, 3.63) is 52.4 Å². The molecule has 0 saturated carbocycles. The van der Waals surface area contributed by atoms with Crippen LogP contribution in [-0.4, -0.2) is 15.1 Å². The fraction of sp³-hybridized carbons (Fsp3) is 0.214. The highest BCUT2D eigenvalue weighted by molar-refractivity contribution is 7.15. The Labute approximate surface area is 120 Å². The summed E-state index contributed by atoms with van der Waals surface area (Å²) in [6, 6.07) is 10.1. The summed E-state index contributed by atoms with van der Waals surface area (Å²) in [5, 5.41) is 4.90. The Hall–Kier alpha value is -2.05. The molecule has 3 rings (SSSR count). The zero-order valence-electron chi connectivity index (χ0n) is 11.0. The van der Waals surface area contributed by atoms with Crippen molar-refractivity contribution in [1.29, 1.82) is 0 Å². The number of thiazole rings is 1. The Bertz CT molecular complexity index is 705. The lowest BCUT2D eigenvalue weighted by molar-refractivity contribution is 0.424. The monoisotopic (exact) mass is 286 g/mol. The highest BCUT2D eigenvalue weighted by Crippen LogP contribution is 2.28. The maximum atomic E-state index is 5.60. The molecule has 0 saturated heterocycles. The summed E-state index contributed by atoms with van der Waals surface area (Å²) in [7, 11) is 0. The first-order chi connectivity index (χ1) is 9.76. The maximum Gasteiger partial charge on any atom is 0.269 e. The number of rotatable bonds is 4. The van der Waals surface area contributed by atoms with Crippen LogP contribution in [0.15, 0.2) is 34.9 Å². The lowest BCUT2D eigenvalue weighted by atomic mass is 10.1. The molecule has 0 radical (unpaired) electrons. The molecule has 0 atom stereocenters. The molecule has 0 spiro atoms. The Kier molecular flexibility index (Phi) is 3.58. The summed E-state index contributed by atoms with van der Waals surface area (Å²) in [5.41, 5.74) is 7.63. The number of nitrogens with two attached hydrogens (primary N) is 1. The van der Waals surface area contributed by atoms with Gasteiger partial charge in [-0.3, -0.25) is 0 Å². The molecular formula is C14H14N4OS. The molecule has 0 bridgehead atoms. The van der Waals surface area contributed by atoms with E-state index >= 15 is 0 Å². The number of nitrogens with zero attached hydrogens (tertiary/aromatic N) is 3. The predicted molar refractivity (Wildman–Crippen MR) is 77.3 cm³/mol. The second-order valence-corrected chi connectivity index (χ2v) is 5.49. The van der Waals surface area contributed by atoms with Crippen LogP contribution in [0, 0.1) is 6.92 Å². The van der Waals surface area contributed by atoms with Gasteiger partial charge in [-0.25, -0.2) is 4.98 Å². The van der Waals surface area contributed by atoms with Gasteiger partial charge < -0.3 is 10.3 Å². The highest BCUT2D eigenvalue weighted by Gasteiger charge is 2.16. The van der Waals surface area contributed by atoms with Crippen LogP contribution in [0.4, 0.5) is 0 Å². The van der Waals surface area contributed by atoms with Crippen LogP contribution in [0.25, 0.3) is 10.8 Å². The van der Waals surface area contributed by atoms with Crippen molar-refractivity contribution in [3.8, 4) is 10.8 Å². The molecular weight excluding hydrogens is 272 g/mol. The normalized spacial score (nSPS) is 10.9. The first-order valence-electron chi connectivity index (χ1n) is 6.29. The molecule has 2 N–H and O–H groups in total. The van der Waals surface area contributed by atoms with Crippen LogP contribution >= 0.6 is 11.3 Å². The van der Waals surface area contributed by atoms with Crippen molar-refractivity contribution in [3.63, 3.8) is 0 Å². The Morgan fingerprint density at radius 2 is 2.00 bits per heavy atom. The summed E-state index contributed by atoms with van der Waals surface area (Å²) in [6.07, 6.45) is 0.659. The minimum atomic E-state index is 0.427. The number of aryl methyl sites for hydroxylation is 1. The van der Waals surface area contributed by atoms with Crippen molar-refractivity contribution in [2.45, 2.75) is 19.9 Å². The molecule has 0 amide bonds. The number of hydrogen-bond donors (Lipinski definition) is 1. The standard InChI is InChI=1S/C14H14N4OS/c1-9-13(20-12(8-15)16-9)14-17-11(18-19-14)7-10-5-3-2-4-6-10/h2-6H,7-8,15H2,1H3. The molecule has 1 aromatic carbocycles. The second kappa shape index (κ2) is 5.52.